The van der Waals surface area contributed by atoms with Gasteiger partial charge in [0.15, 0.2) is 22.5 Å². The number of piperidine rings is 1. The van der Waals surface area contributed by atoms with E-state index in [2.05, 4.69) is 36.9 Å². The third-order valence-corrected chi connectivity index (χ3v) is 7.92. The normalized spacial score (nSPS) is 20.5. The van der Waals surface area contributed by atoms with Crippen molar-refractivity contribution >= 4 is 46.7 Å². The molecule has 4 rings (SSSR count). The number of rotatable bonds is 7. The van der Waals surface area contributed by atoms with E-state index < -0.39 is 5.91 Å². The second kappa shape index (κ2) is 11.8. The molecule has 2 saturated heterocycles. The van der Waals surface area contributed by atoms with Crippen LogP contribution in [0.15, 0.2) is 24.3 Å². The van der Waals surface area contributed by atoms with Crippen LogP contribution in [-0.4, -0.2) is 83.4 Å². The summed E-state index contributed by atoms with van der Waals surface area (Å²) in [4.78, 5) is 39.7. The maximum Gasteiger partial charge on any atom is 0.271 e. The van der Waals surface area contributed by atoms with E-state index in [0.717, 1.165) is 51.0 Å². The molecule has 0 saturated carbocycles. The number of likely N-dealkylation sites (N-methyl/N-ethyl adjacent to an activating group) is 1. The van der Waals surface area contributed by atoms with Crippen molar-refractivity contribution in [3.63, 3.8) is 0 Å². The van der Waals surface area contributed by atoms with E-state index in [1.807, 2.05) is 24.3 Å². The Morgan fingerprint density at radius 3 is 2.38 bits per heavy atom. The molecular formula is C25H34Cl2N8O2. The summed E-state index contributed by atoms with van der Waals surface area (Å²) >= 11 is 12.4. The lowest BCUT2D eigenvalue weighted by Crippen LogP contribution is -2.59. The average Bonchev–Trinajstić information content (AvgIpc) is 2.90. The fourth-order valence-corrected chi connectivity index (χ4v) is 5.86. The highest BCUT2D eigenvalue weighted by Gasteiger charge is 2.37. The number of halogens is 2. The number of piperazine rings is 1. The molecule has 5 N–H and O–H groups in total. The number of carbonyl (C=O) groups is 2. The Morgan fingerprint density at radius 2 is 1.78 bits per heavy atom. The standard InChI is InChI=1S/C25H34Cl2N8O2/c1-3-17-14-34(24-21(27)31-19(23(29)36)22(28)32-24)12-13-35(17)18-8-10-33(11-9-18)20(25(37)30-2)15-4-6-16(26)7-5-15/h4-7,17-18,20H,3,8-14H2,1-2H3,(H2,28,32)(H2,29,36)(H,30,37)/t17-,20+/m0/s1. The van der Waals surface area contributed by atoms with E-state index in [4.69, 9.17) is 34.7 Å². The molecule has 10 nitrogen and oxygen atoms in total. The summed E-state index contributed by atoms with van der Waals surface area (Å²) in [7, 11) is 1.68. The van der Waals surface area contributed by atoms with Gasteiger partial charge in [-0.05, 0) is 37.0 Å². The summed E-state index contributed by atoms with van der Waals surface area (Å²) in [5.74, 6) is -0.300. The van der Waals surface area contributed by atoms with E-state index in [1.165, 1.54) is 0 Å². The number of primary amides is 1. The number of nitrogens with zero attached hydrogens (tertiary/aromatic N) is 5. The van der Waals surface area contributed by atoms with Crippen LogP contribution >= 0.6 is 23.2 Å². The van der Waals surface area contributed by atoms with Crippen molar-refractivity contribution in [1.29, 1.82) is 0 Å². The molecule has 2 atom stereocenters. The smallest absolute Gasteiger partial charge is 0.271 e. The van der Waals surface area contributed by atoms with Crippen LogP contribution in [0.5, 0.6) is 0 Å². The quantitative estimate of drug-likeness (QED) is 0.479. The minimum atomic E-state index is -0.754. The summed E-state index contributed by atoms with van der Waals surface area (Å²) in [6.45, 7) is 6.11. The number of benzene rings is 1. The number of carbonyl (C=O) groups excluding carboxylic acids is 2. The van der Waals surface area contributed by atoms with Crippen molar-refractivity contribution in [3.05, 3.63) is 45.7 Å². The Hall–Kier alpha value is -2.66. The lowest BCUT2D eigenvalue weighted by molar-refractivity contribution is -0.127. The largest absolute Gasteiger partial charge is 0.382 e. The number of hydrogen-bond donors (Lipinski definition) is 3. The van der Waals surface area contributed by atoms with Crippen LogP contribution in [0, 0.1) is 0 Å². The van der Waals surface area contributed by atoms with Gasteiger partial charge in [0.25, 0.3) is 5.91 Å². The molecule has 2 amide bonds. The van der Waals surface area contributed by atoms with Crippen molar-refractivity contribution in [3.8, 4) is 0 Å². The number of hydrogen-bond acceptors (Lipinski definition) is 8. The molecule has 2 aliphatic rings. The van der Waals surface area contributed by atoms with Gasteiger partial charge in [-0.15, -0.1) is 0 Å². The molecule has 2 fully saturated rings. The molecule has 0 aliphatic carbocycles. The highest BCUT2D eigenvalue weighted by molar-refractivity contribution is 6.32. The first-order chi connectivity index (χ1) is 17.7. The fraction of sp³-hybridized carbons (Fsp3) is 0.520. The first-order valence-electron chi connectivity index (χ1n) is 12.6. The molecule has 3 heterocycles. The number of likely N-dealkylation sites (tertiary alicyclic amines) is 1. The average molecular weight is 550 g/mol. The molecule has 200 valence electrons. The number of nitrogens with two attached hydrogens (primary N) is 2. The molecule has 2 aliphatic heterocycles. The molecule has 2 aromatic rings. The van der Waals surface area contributed by atoms with Gasteiger partial charge in [-0.2, -0.15) is 0 Å². The third-order valence-electron chi connectivity index (χ3n) is 7.41. The fourth-order valence-electron chi connectivity index (χ4n) is 5.49. The van der Waals surface area contributed by atoms with Gasteiger partial charge >= 0.3 is 0 Å². The van der Waals surface area contributed by atoms with Crippen molar-refractivity contribution < 1.29 is 9.59 Å². The van der Waals surface area contributed by atoms with Crippen LogP contribution in [0.4, 0.5) is 11.6 Å². The van der Waals surface area contributed by atoms with Crippen molar-refractivity contribution in [1.82, 2.24) is 25.1 Å². The summed E-state index contributed by atoms with van der Waals surface area (Å²) in [6.07, 6.45) is 2.90. The Morgan fingerprint density at radius 1 is 1.11 bits per heavy atom. The maximum atomic E-state index is 12.8. The van der Waals surface area contributed by atoms with E-state index in [9.17, 15) is 9.59 Å². The topological polar surface area (TPSA) is 134 Å². The van der Waals surface area contributed by atoms with E-state index in [-0.39, 0.29) is 28.6 Å². The van der Waals surface area contributed by atoms with Crippen LogP contribution in [0.25, 0.3) is 0 Å². The van der Waals surface area contributed by atoms with Gasteiger partial charge < -0.3 is 21.7 Å². The molecule has 0 radical (unpaired) electrons. The zero-order chi connectivity index (χ0) is 26.7. The Bertz CT molecular complexity index is 1120. The predicted octanol–water partition coefficient (Wildman–Crippen LogP) is 2.32. The van der Waals surface area contributed by atoms with Crippen LogP contribution < -0.4 is 21.7 Å². The highest BCUT2D eigenvalue weighted by atomic mass is 35.5. The van der Waals surface area contributed by atoms with E-state index in [1.54, 1.807) is 7.05 Å². The number of anilines is 2. The van der Waals surface area contributed by atoms with Gasteiger partial charge in [0.2, 0.25) is 5.91 Å². The van der Waals surface area contributed by atoms with Crippen molar-refractivity contribution in [2.75, 3.05) is 50.4 Å². The zero-order valence-electron chi connectivity index (χ0n) is 21.2. The zero-order valence-corrected chi connectivity index (χ0v) is 22.7. The molecule has 1 aromatic heterocycles. The summed E-state index contributed by atoms with van der Waals surface area (Å²) in [6, 6.07) is 7.90. The van der Waals surface area contributed by atoms with E-state index in [0.29, 0.717) is 29.5 Å². The molecule has 37 heavy (non-hydrogen) atoms. The van der Waals surface area contributed by atoms with Gasteiger partial charge in [-0.1, -0.05) is 42.3 Å². The SMILES string of the molecule is CC[C@H]1CN(c2nc(N)c(C(N)=O)nc2Cl)CCN1C1CCN([C@@H](C(=O)NC)c2ccc(Cl)cc2)CC1. The second-order valence-corrected chi connectivity index (χ2v) is 10.3. The second-order valence-electron chi connectivity index (χ2n) is 9.52. The molecular weight excluding hydrogens is 515 g/mol. The molecule has 12 heteroatoms. The Kier molecular flexibility index (Phi) is 8.74. The lowest BCUT2D eigenvalue weighted by Gasteiger charge is -2.48. The number of nitrogens with one attached hydrogen (secondary N) is 1. The molecule has 0 spiro atoms. The van der Waals surface area contributed by atoms with Gasteiger partial charge in [0, 0.05) is 56.9 Å². The van der Waals surface area contributed by atoms with Gasteiger partial charge in [0.05, 0.1) is 0 Å². The molecule has 0 unspecified atom stereocenters. The van der Waals surface area contributed by atoms with E-state index >= 15 is 0 Å². The predicted molar refractivity (Wildman–Crippen MR) is 146 cm³/mol. The minimum absolute atomic E-state index is 0.0129. The third kappa shape index (κ3) is 5.93. The van der Waals surface area contributed by atoms with Crippen LogP contribution in [0.1, 0.15) is 48.3 Å². The van der Waals surface area contributed by atoms with Crippen molar-refractivity contribution in [2.45, 2.75) is 44.3 Å². The monoisotopic (exact) mass is 548 g/mol. The first-order valence-corrected chi connectivity index (χ1v) is 13.3. The van der Waals surface area contributed by atoms with Crippen molar-refractivity contribution in [2.24, 2.45) is 5.73 Å². The number of nitrogen functional groups attached to an aromatic ring is 1. The summed E-state index contributed by atoms with van der Waals surface area (Å²) in [5.41, 5.74) is 12.1. The van der Waals surface area contributed by atoms with Crippen LogP contribution in [0.2, 0.25) is 10.2 Å². The van der Waals surface area contributed by atoms with Gasteiger partial charge in [-0.3, -0.25) is 19.4 Å². The van der Waals surface area contributed by atoms with Crippen LogP contribution in [-0.2, 0) is 4.79 Å². The Labute approximate surface area is 227 Å². The summed E-state index contributed by atoms with van der Waals surface area (Å²) in [5, 5.41) is 3.60. The highest BCUT2D eigenvalue weighted by Crippen LogP contribution is 2.32. The van der Waals surface area contributed by atoms with Crippen LogP contribution in [0.3, 0.4) is 0 Å². The molecule has 1 aromatic carbocycles. The first kappa shape index (κ1) is 27.4. The summed E-state index contributed by atoms with van der Waals surface area (Å²) < 4.78 is 0. The minimum Gasteiger partial charge on any atom is -0.382 e. The Balaban J connectivity index is 1.42. The maximum absolute atomic E-state index is 12.8. The number of amides is 2. The molecule has 0 bridgehead atoms. The van der Waals surface area contributed by atoms with Gasteiger partial charge in [-0.25, -0.2) is 9.97 Å². The lowest BCUT2D eigenvalue weighted by atomic mass is 9.95. The number of aromatic nitrogens is 2. The van der Waals surface area contributed by atoms with Gasteiger partial charge in [0.1, 0.15) is 6.04 Å².